The molecule has 140 valence electrons. The molecule has 1 heterocycles. The number of ether oxygens (including phenoxy) is 1. The van der Waals surface area contributed by atoms with E-state index in [9.17, 15) is 13.2 Å². The Kier molecular flexibility index (Phi) is 6.98. The van der Waals surface area contributed by atoms with E-state index in [1.807, 2.05) is 26.8 Å². The van der Waals surface area contributed by atoms with E-state index in [2.05, 4.69) is 0 Å². The summed E-state index contributed by atoms with van der Waals surface area (Å²) in [5.41, 5.74) is 2.03. The Balaban J connectivity index is 1.92. The molecule has 0 saturated carbocycles. The molecule has 1 fully saturated rings. The normalized spacial score (nSPS) is 16.2. The number of nitrogens with zero attached hydrogens (tertiary/aromatic N) is 2. The van der Waals surface area contributed by atoms with Crippen LogP contribution in [0.25, 0.3) is 0 Å². The molecule has 0 atom stereocenters. The standard InChI is InChI=1S/C18H28N2O4S/c1-4-24-13-5-6-18(21)19-9-11-20(12-10-19)25(22,23)17-8-7-15(2)16(3)14-17/h7-8,14H,4-6,9-13H2,1-3H3. The van der Waals surface area contributed by atoms with E-state index < -0.39 is 10.0 Å². The van der Waals surface area contributed by atoms with Gasteiger partial charge in [0.25, 0.3) is 0 Å². The third kappa shape index (κ3) is 5.03. The number of benzene rings is 1. The van der Waals surface area contributed by atoms with Crippen LogP contribution >= 0.6 is 0 Å². The van der Waals surface area contributed by atoms with Gasteiger partial charge in [-0.1, -0.05) is 6.07 Å². The zero-order valence-corrected chi connectivity index (χ0v) is 16.1. The third-order valence-corrected chi connectivity index (χ3v) is 6.49. The Labute approximate surface area is 150 Å². The molecule has 1 saturated heterocycles. The van der Waals surface area contributed by atoms with Crippen LogP contribution in [0.1, 0.15) is 30.9 Å². The van der Waals surface area contributed by atoms with Crippen molar-refractivity contribution in [3.8, 4) is 0 Å². The zero-order chi connectivity index (χ0) is 18.4. The number of carbonyl (C=O) groups is 1. The van der Waals surface area contributed by atoms with Crippen LogP contribution in [0.4, 0.5) is 0 Å². The maximum atomic E-state index is 12.8. The predicted molar refractivity (Wildman–Crippen MR) is 97.0 cm³/mol. The van der Waals surface area contributed by atoms with Crippen molar-refractivity contribution in [3.63, 3.8) is 0 Å². The van der Waals surface area contributed by atoms with Crippen molar-refractivity contribution in [2.24, 2.45) is 0 Å². The summed E-state index contributed by atoms with van der Waals surface area (Å²) in [4.78, 5) is 14.2. The Morgan fingerprint density at radius 2 is 1.80 bits per heavy atom. The summed E-state index contributed by atoms with van der Waals surface area (Å²) in [5, 5.41) is 0. The van der Waals surface area contributed by atoms with Gasteiger partial charge in [-0.05, 0) is 50.5 Å². The van der Waals surface area contributed by atoms with Gasteiger partial charge in [-0.25, -0.2) is 8.42 Å². The maximum absolute atomic E-state index is 12.8. The van der Waals surface area contributed by atoms with Gasteiger partial charge in [-0.2, -0.15) is 4.31 Å². The lowest BCUT2D eigenvalue weighted by molar-refractivity contribution is -0.132. The van der Waals surface area contributed by atoms with E-state index in [4.69, 9.17) is 4.74 Å². The van der Waals surface area contributed by atoms with Crippen LogP contribution in [0.2, 0.25) is 0 Å². The quantitative estimate of drug-likeness (QED) is 0.690. The Morgan fingerprint density at radius 3 is 2.40 bits per heavy atom. The van der Waals surface area contributed by atoms with Crippen LogP contribution in [-0.4, -0.2) is 62.9 Å². The van der Waals surface area contributed by atoms with Gasteiger partial charge >= 0.3 is 0 Å². The maximum Gasteiger partial charge on any atom is 0.243 e. The summed E-state index contributed by atoms with van der Waals surface area (Å²) in [6, 6.07) is 5.21. The van der Waals surface area contributed by atoms with E-state index in [0.29, 0.717) is 57.1 Å². The van der Waals surface area contributed by atoms with Crippen molar-refractivity contribution in [2.75, 3.05) is 39.4 Å². The highest BCUT2D eigenvalue weighted by atomic mass is 32.2. The molecule has 25 heavy (non-hydrogen) atoms. The molecular weight excluding hydrogens is 340 g/mol. The average molecular weight is 368 g/mol. The number of rotatable bonds is 7. The highest BCUT2D eigenvalue weighted by Crippen LogP contribution is 2.20. The lowest BCUT2D eigenvalue weighted by atomic mass is 10.1. The van der Waals surface area contributed by atoms with Gasteiger partial charge in [0.15, 0.2) is 0 Å². The lowest BCUT2D eigenvalue weighted by Crippen LogP contribution is -2.50. The molecule has 7 heteroatoms. The van der Waals surface area contributed by atoms with E-state index in [1.165, 1.54) is 4.31 Å². The zero-order valence-electron chi connectivity index (χ0n) is 15.3. The van der Waals surface area contributed by atoms with Gasteiger partial charge in [0.05, 0.1) is 4.90 Å². The highest BCUT2D eigenvalue weighted by Gasteiger charge is 2.30. The summed E-state index contributed by atoms with van der Waals surface area (Å²) in [6.07, 6.45) is 1.15. The van der Waals surface area contributed by atoms with E-state index in [1.54, 1.807) is 17.0 Å². The molecule has 0 bridgehead atoms. The molecule has 0 unspecified atom stereocenters. The molecule has 6 nitrogen and oxygen atoms in total. The van der Waals surface area contributed by atoms with Crippen LogP contribution in [0, 0.1) is 13.8 Å². The monoisotopic (exact) mass is 368 g/mol. The number of hydrogen-bond donors (Lipinski definition) is 0. The topological polar surface area (TPSA) is 66.9 Å². The fraction of sp³-hybridized carbons (Fsp3) is 0.611. The fourth-order valence-electron chi connectivity index (χ4n) is 2.83. The molecular formula is C18H28N2O4S. The molecule has 2 rings (SSSR count). The first-order valence-corrected chi connectivity index (χ1v) is 10.2. The highest BCUT2D eigenvalue weighted by molar-refractivity contribution is 7.89. The van der Waals surface area contributed by atoms with Gasteiger partial charge < -0.3 is 9.64 Å². The Morgan fingerprint density at radius 1 is 1.12 bits per heavy atom. The molecule has 1 amide bonds. The molecule has 0 radical (unpaired) electrons. The van der Waals surface area contributed by atoms with Crippen LogP contribution < -0.4 is 0 Å². The van der Waals surface area contributed by atoms with E-state index >= 15 is 0 Å². The number of carbonyl (C=O) groups excluding carboxylic acids is 1. The summed E-state index contributed by atoms with van der Waals surface area (Å²) in [7, 11) is -3.50. The van der Waals surface area contributed by atoms with Crippen molar-refractivity contribution < 1.29 is 17.9 Å². The van der Waals surface area contributed by atoms with Crippen molar-refractivity contribution in [1.29, 1.82) is 0 Å². The van der Waals surface area contributed by atoms with Crippen molar-refractivity contribution in [1.82, 2.24) is 9.21 Å². The van der Waals surface area contributed by atoms with Gasteiger partial charge in [0.2, 0.25) is 15.9 Å². The summed E-state index contributed by atoms with van der Waals surface area (Å²) >= 11 is 0. The first-order valence-electron chi connectivity index (χ1n) is 8.79. The van der Waals surface area contributed by atoms with Crippen LogP contribution in [0.5, 0.6) is 0 Å². The second kappa shape index (κ2) is 8.78. The lowest BCUT2D eigenvalue weighted by Gasteiger charge is -2.34. The first-order chi connectivity index (χ1) is 11.9. The van der Waals surface area contributed by atoms with Gasteiger partial charge in [0, 0.05) is 45.8 Å². The van der Waals surface area contributed by atoms with E-state index in [-0.39, 0.29) is 5.91 Å². The van der Waals surface area contributed by atoms with E-state index in [0.717, 1.165) is 11.1 Å². The largest absolute Gasteiger partial charge is 0.382 e. The van der Waals surface area contributed by atoms with Crippen LogP contribution in [0.15, 0.2) is 23.1 Å². The van der Waals surface area contributed by atoms with Gasteiger partial charge in [0.1, 0.15) is 0 Å². The van der Waals surface area contributed by atoms with Crippen LogP contribution in [0.3, 0.4) is 0 Å². The summed E-state index contributed by atoms with van der Waals surface area (Å²) < 4.78 is 32.3. The molecule has 0 aromatic heterocycles. The molecule has 1 aromatic rings. The third-order valence-electron chi connectivity index (χ3n) is 4.59. The SMILES string of the molecule is CCOCCCC(=O)N1CCN(S(=O)(=O)c2ccc(C)c(C)c2)CC1. The fourth-order valence-corrected chi connectivity index (χ4v) is 4.34. The Bertz CT molecular complexity index is 695. The minimum absolute atomic E-state index is 0.0722. The average Bonchev–Trinajstić information content (AvgIpc) is 2.61. The molecule has 1 aromatic carbocycles. The van der Waals surface area contributed by atoms with Crippen LogP contribution in [-0.2, 0) is 19.6 Å². The van der Waals surface area contributed by atoms with Crippen molar-refractivity contribution in [3.05, 3.63) is 29.3 Å². The predicted octanol–water partition coefficient (Wildman–Crippen LogP) is 1.95. The number of piperazine rings is 1. The Hall–Kier alpha value is -1.44. The number of hydrogen-bond acceptors (Lipinski definition) is 4. The summed E-state index contributed by atoms with van der Waals surface area (Å²) in [5.74, 6) is 0.0722. The van der Waals surface area contributed by atoms with Gasteiger partial charge in [-0.15, -0.1) is 0 Å². The minimum atomic E-state index is -3.50. The van der Waals surface area contributed by atoms with Crippen molar-refractivity contribution in [2.45, 2.75) is 38.5 Å². The molecule has 0 aliphatic carbocycles. The van der Waals surface area contributed by atoms with Crippen molar-refractivity contribution >= 4 is 15.9 Å². The second-order valence-corrected chi connectivity index (χ2v) is 8.27. The molecule has 0 N–H and O–H groups in total. The first kappa shape index (κ1) is 19.9. The number of amides is 1. The van der Waals surface area contributed by atoms with Gasteiger partial charge in [-0.3, -0.25) is 4.79 Å². The molecule has 1 aliphatic heterocycles. The number of aryl methyl sites for hydroxylation is 2. The molecule has 1 aliphatic rings. The second-order valence-electron chi connectivity index (χ2n) is 6.33. The minimum Gasteiger partial charge on any atom is -0.382 e. The smallest absolute Gasteiger partial charge is 0.243 e. The summed E-state index contributed by atoms with van der Waals surface area (Å²) in [6.45, 7) is 8.60. The number of sulfonamides is 1. The molecule has 0 spiro atoms.